The summed E-state index contributed by atoms with van der Waals surface area (Å²) in [6.07, 6.45) is 2.97. The standard InChI is InChI=1S/C31H37N5O5/c1-20-17-36(21(2)19-37)31(40)26-14-24(22-9-8-10-23(13-22)30(39)34(3)4)16-33-29(26)41-27(20)18-35(5)28(38)15-25-11-6-7-12-32-25/h6-14,16,20-21,27,37H,15,17-19H2,1-5H3/t20-,21+,27-/m1/s1. The molecule has 4 rings (SSSR count). The van der Waals surface area contributed by atoms with E-state index in [0.717, 1.165) is 5.56 Å². The molecule has 0 saturated carbocycles. The number of fused-ring (bicyclic) bond motifs is 1. The van der Waals surface area contributed by atoms with Gasteiger partial charge in [-0.1, -0.05) is 25.1 Å². The molecule has 3 atom stereocenters. The fourth-order valence-corrected chi connectivity index (χ4v) is 4.73. The highest BCUT2D eigenvalue weighted by Gasteiger charge is 2.35. The Hall–Kier alpha value is -4.31. The zero-order chi connectivity index (χ0) is 29.7. The van der Waals surface area contributed by atoms with E-state index in [0.29, 0.717) is 23.4 Å². The lowest BCUT2D eigenvalue weighted by Gasteiger charge is -2.37. The lowest BCUT2D eigenvalue weighted by atomic mass is 9.98. The zero-order valence-electron chi connectivity index (χ0n) is 24.2. The minimum absolute atomic E-state index is 0.103. The summed E-state index contributed by atoms with van der Waals surface area (Å²) in [5.41, 5.74) is 2.84. The molecule has 0 bridgehead atoms. The summed E-state index contributed by atoms with van der Waals surface area (Å²) in [4.78, 5) is 52.8. The predicted octanol–water partition coefficient (Wildman–Crippen LogP) is 2.77. The topological polar surface area (TPSA) is 116 Å². The molecule has 1 aliphatic rings. The van der Waals surface area contributed by atoms with Gasteiger partial charge in [0.25, 0.3) is 11.8 Å². The third-order valence-electron chi connectivity index (χ3n) is 7.31. The van der Waals surface area contributed by atoms with Crippen LogP contribution in [0.2, 0.25) is 0 Å². The molecule has 0 radical (unpaired) electrons. The number of likely N-dealkylation sites (N-methyl/N-ethyl adjacent to an activating group) is 1. The van der Waals surface area contributed by atoms with E-state index in [2.05, 4.69) is 9.97 Å². The highest BCUT2D eigenvalue weighted by molar-refractivity contribution is 5.98. The molecule has 0 saturated heterocycles. The molecule has 3 heterocycles. The molecule has 41 heavy (non-hydrogen) atoms. The number of nitrogens with zero attached hydrogens (tertiary/aromatic N) is 5. The first-order valence-electron chi connectivity index (χ1n) is 13.6. The Bertz CT molecular complexity index is 1400. The van der Waals surface area contributed by atoms with E-state index in [1.807, 2.05) is 25.1 Å². The number of hydrogen-bond acceptors (Lipinski definition) is 7. The lowest BCUT2D eigenvalue weighted by Crippen LogP contribution is -2.50. The molecule has 3 amide bonds. The Morgan fingerprint density at radius 2 is 1.88 bits per heavy atom. The van der Waals surface area contributed by atoms with Crippen molar-refractivity contribution in [2.24, 2.45) is 5.92 Å². The summed E-state index contributed by atoms with van der Waals surface area (Å²) in [5, 5.41) is 9.95. The van der Waals surface area contributed by atoms with Gasteiger partial charge < -0.3 is 24.5 Å². The van der Waals surface area contributed by atoms with Crippen LogP contribution in [0.5, 0.6) is 5.88 Å². The Morgan fingerprint density at radius 1 is 1.10 bits per heavy atom. The van der Waals surface area contributed by atoms with Gasteiger partial charge in [0.2, 0.25) is 11.8 Å². The summed E-state index contributed by atoms with van der Waals surface area (Å²) in [6.45, 7) is 4.14. The van der Waals surface area contributed by atoms with Crippen molar-refractivity contribution in [3.05, 3.63) is 77.7 Å². The second-order valence-corrected chi connectivity index (χ2v) is 10.8. The van der Waals surface area contributed by atoms with Gasteiger partial charge >= 0.3 is 0 Å². The molecule has 10 heteroatoms. The van der Waals surface area contributed by atoms with Gasteiger partial charge in [0, 0.05) is 62.8 Å². The first-order chi connectivity index (χ1) is 19.6. The highest BCUT2D eigenvalue weighted by Crippen LogP contribution is 2.31. The second kappa shape index (κ2) is 12.9. The maximum Gasteiger partial charge on any atom is 0.259 e. The van der Waals surface area contributed by atoms with Crippen LogP contribution in [0.15, 0.2) is 60.9 Å². The number of rotatable bonds is 8. The van der Waals surface area contributed by atoms with Crippen molar-refractivity contribution in [2.75, 3.05) is 40.8 Å². The Kier molecular flexibility index (Phi) is 9.34. The highest BCUT2D eigenvalue weighted by atomic mass is 16.5. The van der Waals surface area contributed by atoms with Crippen LogP contribution in [0.4, 0.5) is 0 Å². The molecule has 1 N–H and O–H groups in total. The molecular formula is C31H37N5O5. The largest absolute Gasteiger partial charge is 0.472 e. The van der Waals surface area contributed by atoms with Crippen LogP contribution in [-0.2, 0) is 11.2 Å². The van der Waals surface area contributed by atoms with Crippen molar-refractivity contribution in [3.8, 4) is 17.0 Å². The van der Waals surface area contributed by atoms with Crippen molar-refractivity contribution in [1.29, 1.82) is 0 Å². The molecule has 1 aliphatic heterocycles. The van der Waals surface area contributed by atoms with Gasteiger partial charge in [0.05, 0.1) is 25.6 Å². The lowest BCUT2D eigenvalue weighted by molar-refractivity contribution is -0.130. The number of hydrogen-bond donors (Lipinski definition) is 1. The van der Waals surface area contributed by atoms with E-state index < -0.39 is 12.1 Å². The quantitative estimate of drug-likeness (QED) is 0.451. The van der Waals surface area contributed by atoms with Crippen molar-refractivity contribution in [3.63, 3.8) is 0 Å². The minimum Gasteiger partial charge on any atom is -0.472 e. The maximum absolute atomic E-state index is 13.8. The van der Waals surface area contributed by atoms with Gasteiger partial charge in [-0.2, -0.15) is 0 Å². The van der Waals surface area contributed by atoms with Gasteiger partial charge in [0.1, 0.15) is 11.7 Å². The number of aromatic nitrogens is 2. The number of carbonyl (C=O) groups is 3. The van der Waals surface area contributed by atoms with Crippen LogP contribution in [0.1, 0.15) is 40.3 Å². The van der Waals surface area contributed by atoms with Crippen LogP contribution >= 0.6 is 0 Å². The van der Waals surface area contributed by atoms with Crippen LogP contribution in [-0.4, -0.2) is 100 Å². The third kappa shape index (κ3) is 6.89. The molecule has 0 spiro atoms. The van der Waals surface area contributed by atoms with Gasteiger partial charge in [-0.3, -0.25) is 19.4 Å². The monoisotopic (exact) mass is 559 g/mol. The third-order valence-corrected chi connectivity index (χ3v) is 7.31. The van der Waals surface area contributed by atoms with E-state index >= 15 is 0 Å². The summed E-state index contributed by atoms with van der Waals surface area (Å²) < 4.78 is 6.35. The zero-order valence-corrected chi connectivity index (χ0v) is 24.2. The van der Waals surface area contributed by atoms with Crippen molar-refractivity contribution in [2.45, 2.75) is 32.4 Å². The van der Waals surface area contributed by atoms with Crippen LogP contribution in [0, 0.1) is 5.92 Å². The van der Waals surface area contributed by atoms with Gasteiger partial charge in [0.15, 0.2) is 0 Å². The number of pyridine rings is 2. The van der Waals surface area contributed by atoms with E-state index in [4.69, 9.17) is 4.74 Å². The van der Waals surface area contributed by atoms with Crippen LogP contribution in [0.3, 0.4) is 0 Å². The minimum atomic E-state index is -0.465. The summed E-state index contributed by atoms with van der Waals surface area (Å²) >= 11 is 0. The van der Waals surface area contributed by atoms with Crippen LogP contribution < -0.4 is 4.74 Å². The van der Waals surface area contributed by atoms with Gasteiger partial charge in [-0.15, -0.1) is 0 Å². The summed E-state index contributed by atoms with van der Waals surface area (Å²) in [7, 11) is 5.10. The van der Waals surface area contributed by atoms with E-state index in [9.17, 15) is 19.5 Å². The normalized spacial score (nSPS) is 17.5. The summed E-state index contributed by atoms with van der Waals surface area (Å²) in [5.74, 6) is -0.542. The molecule has 0 aliphatic carbocycles. The fourth-order valence-electron chi connectivity index (χ4n) is 4.73. The van der Waals surface area contributed by atoms with Gasteiger partial charge in [-0.05, 0) is 42.8 Å². The molecule has 3 aromatic rings. The first kappa shape index (κ1) is 29.7. The number of aliphatic hydroxyl groups is 1. The Balaban J connectivity index is 1.66. The molecule has 0 unspecified atom stereocenters. The fraction of sp³-hybridized carbons (Fsp3) is 0.387. The van der Waals surface area contributed by atoms with Crippen molar-refractivity contribution < 1.29 is 24.2 Å². The number of carbonyl (C=O) groups excluding carboxylic acids is 3. The predicted molar refractivity (Wildman–Crippen MR) is 154 cm³/mol. The average molecular weight is 560 g/mol. The molecule has 0 fully saturated rings. The molecular weight excluding hydrogens is 522 g/mol. The number of ether oxygens (including phenoxy) is 1. The maximum atomic E-state index is 13.8. The number of amides is 3. The molecule has 2 aromatic heterocycles. The molecule has 216 valence electrons. The van der Waals surface area contributed by atoms with Crippen LogP contribution in [0.25, 0.3) is 11.1 Å². The SMILES string of the molecule is C[C@@H]1CN([C@@H](C)CO)C(=O)c2cc(-c3cccc(C(=O)N(C)C)c3)cnc2O[C@@H]1CN(C)C(=O)Cc1ccccn1. The molecule has 10 nitrogen and oxygen atoms in total. The van der Waals surface area contributed by atoms with Crippen molar-refractivity contribution in [1.82, 2.24) is 24.7 Å². The smallest absolute Gasteiger partial charge is 0.259 e. The average Bonchev–Trinajstić information content (AvgIpc) is 2.98. The van der Waals surface area contributed by atoms with Crippen molar-refractivity contribution >= 4 is 17.7 Å². The molecule has 1 aromatic carbocycles. The number of benzene rings is 1. The Labute approximate surface area is 240 Å². The summed E-state index contributed by atoms with van der Waals surface area (Å²) in [6, 6.07) is 13.9. The van der Waals surface area contributed by atoms with E-state index in [1.165, 1.54) is 4.90 Å². The van der Waals surface area contributed by atoms with E-state index in [1.54, 1.807) is 80.6 Å². The number of aliphatic hydroxyl groups excluding tert-OH is 1. The Morgan fingerprint density at radius 3 is 2.56 bits per heavy atom. The van der Waals surface area contributed by atoms with Gasteiger partial charge in [-0.25, -0.2) is 4.98 Å². The first-order valence-corrected chi connectivity index (χ1v) is 13.6. The van der Waals surface area contributed by atoms with E-state index in [-0.39, 0.29) is 54.7 Å². The second-order valence-electron chi connectivity index (χ2n) is 10.8.